The highest BCUT2D eigenvalue weighted by Gasteiger charge is 2.44. The zero-order chi connectivity index (χ0) is 8.36. The number of halogens is 3. The summed E-state index contributed by atoms with van der Waals surface area (Å²) in [4.78, 5) is 0. The van der Waals surface area contributed by atoms with E-state index < -0.39 is 24.9 Å². The maximum Gasteiger partial charge on any atom is 0.273 e. The largest absolute Gasteiger partial charge is 0.378 e. The molecule has 0 rings (SSSR count). The van der Waals surface area contributed by atoms with Crippen molar-refractivity contribution in [3.8, 4) is 0 Å². The van der Waals surface area contributed by atoms with E-state index >= 15 is 0 Å². The Kier molecular flexibility index (Phi) is 3.07. The van der Waals surface area contributed by atoms with Crippen LogP contribution >= 0.6 is 0 Å². The zero-order valence-corrected chi connectivity index (χ0v) is 4.97. The molecule has 0 fully saturated rings. The molecule has 0 spiro atoms. The summed E-state index contributed by atoms with van der Waals surface area (Å²) in [7, 11) is 0. The smallest absolute Gasteiger partial charge is 0.273 e. The van der Waals surface area contributed by atoms with Gasteiger partial charge in [-0.3, -0.25) is 0 Å². The number of hydrogen-bond donors (Lipinski definition) is 3. The van der Waals surface area contributed by atoms with Crippen molar-refractivity contribution in [2.24, 2.45) is 5.73 Å². The van der Waals surface area contributed by atoms with Crippen molar-refractivity contribution in [1.82, 2.24) is 0 Å². The second-order valence-electron chi connectivity index (χ2n) is 1.83. The molecule has 10 heavy (non-hydrogen) atoms. The SMILES string of the molecule is NCC(O)(C(O)F)C(F)F. The van der Waals surface area contributed by atoms with Gasteiger partial charge in [0.15, 0.2) is 5.60 Å². The van der Waals surface area contributed by atoms with Gasteiger partial charge in [-0.05, 0) is 0 Å². The van der Waals surface area contributed by atoms with Crippen molar-refractivity contribution in [2.75, 3.05) is 6.54 Å². The fourth-order valence-corrected chi connectivity index (χ4v) is 0.290. The molecule has 0 aromatic heterocycles. The molecule has 0 radical (unpaired) electrons. The number of aliphatic hydroxyl groups is 2. The van der Waals surface area contributed by atoms with Crippen molar-refractivity contribution >= 4 is 0 Å². The lowest BCUT2D eigenvalue weighted by molar-refractivity contribution is -0.197. The fourth-order valence-electron chi connectivity index (χ4n) is 0.290. The Hall–Kier alpha value is -0.330. The maximum absolute atomic E-state index is 11.7. The van der Waals surface area contributed by atoms with Gasteiger partial charge in [0, 0.05) is 6.54 Å². The molecule has 0 saturated heterocycles. The Bertz CT molecular complexity index is 101. The van der Waals surface area contributed by atoms with Crippen LogP contribution in [-0.2, 0) is 0 Å². The van der Waals surface area contributed by atoms with Crippen LogP contribution in [0.15, 0.2) is 0 Å². The molecule has 0 aliphatic carbocycles. The topological polar surface area (TPSA) is 66.5 Å². The van der Waals surface area contributed by atoms with Crippen LogP contribution in [-0.4, -0.2) is 35.1 Å². The van der Waals surface area contributed by atoms with E-state index in [4.69, 9.17) is 10.2 Å². The molecular weight excluding hydrogens is 151 g/mol. The Morgan fingerprint density at radius 3 is 1.80 bits per heavy atom. The van der Waals surface area contributed by atoms with Gasteiger partial charge in [-0.1, -0.05) is 0 Å². The predicted octanol–water partition coefficient (Wildman–Crippen LogP) is -0.771. The normalized spacial score (nSPS) is 20.7. The molecule has 0 aromatic carbocycles. The molecule has 62 valence electrons. The first-order valence-corrected chi connectivity index (χ1v) is 2.48. The van der Waals surface area contributed by atoms with E-state index in [2.05, 4.69) is 5.73 Å². The van der Waals surface area contributed by atoms with E-state index in [9.17, 15) is 13.2 Å². The quantitative estimate of drug-likeness (QED) is 0.506. The van der Waals surface area contributed by atoms with Crippen molar-refractivity contribution < 1.29 is 23.4 Å². The van der Waals surface area contributed by atoms with Crippen LogP contribution in [0.25, 0.3) is 0 Å². The van der Waals surface area contributed by atoms with Gasteiger partial charge in [-0.2, -0.15) is 0 Å². The Morgan fingerprint density at radius 2 is 1.80 bits per heavy atom. The highest BCUT2D eigenvalue weighted by atomic mass is 19.3. The summed E-state index contributed by atoms with van der Waals surface area (Å²) in [5.41, 5.74) is 1.45. The van der Waals surface area contributed by atoms with Crippen LogP contribution in [0, 0.1) is 0 Å². The minimum absolute atomic E-state index is 1.03. The van der Waals surface area contributed by atoms with E-state index in [-0.39, 0.29) is 0 Å². The van der Waals surface area contributed by atoms with Gasteiger partial charge in [-0.15, -0.1) is 0 Å². The van der Waals surface area contributed by atoms with Crippen LogP contribution in [0.1, 0.15) is 0 Å². The zero-order valence-electron chi connectivity index (χ0n) is 4.97. The summed E-state index contributed by atoms with van der Waals surface area (Å²) < 4.78 is 35.0. The Balaban J connectivity index is 4.23. The molecule has 0 bridgehead atoms. The average molecular weight is 159 g/mol. The number of hydrogen-bond acceptors (Lipinski definition) is 3. The van der Waals surface area contributed by atoms with E-state index in [1.165, 1.54) is 0 Å². The number of rotatable bonds is 3. The molecule has 2 unspecified atom stereocenters. The van der Waals surface area contributed by atoms with E-state index in [1.54, 1.807) is 0 Å². The molecule has 6 heteroatoms. The molecule has 0 heterocycles. The molecule has 4 N–H and O–H groups in total. The van der Waals surface area contributed by atoms with E-state index in [0.717, 1.165) is 0 Å². The summed E-state index contributed by atoms with van der Waals surface area (Å²) >= 11 is 0. The van der Waals surface area contributed by atoms with Gasteiger partial charge < -0.3 is 15.9 Å². The fraction of sp³-hybridized carbons (Fsp3) is 1.00. The van der Waals surface area contributed by atoms with E-state index in [0.29, 0.717) is 0 Å². The van der Waals surface area contributed by atoms with E-state index in [1.807, 2.05) is 0 Å². The summed E-state index contributed by atoms with van der Waals surface area (Å²) in [6.45, 7) is -1.03. The summed E-state index contributed by atoms with van der Waals surface area (Å²) in [5.74, 6) is 0. The molecule has 0 aromatic rings. The van der Waals surface area contributed by atoms with Crippen LogP contribution in [0.5, 0.6) is 0 Å². The lowest BCUT2D eigenvalue weighted by atomic mass is 10.1. The molecular formula is C4H8F3NO2. The molecule has 0 aliphatic rings. The molecule has 2 atom stereocenters. The highest BCUT2D eigenvalue weighted by molar-refractivity contribution is 4.84. The van der Waals surface area contributed by atoms with Gasteiger partial charge in [-0.25, -0.2) is 13.2 Å². The van der Waals surface area contributed by atoms with Gasteiger partial charge in [0.1, 0.15) is 0 Å². The van der Waals surface area contributed by atoms with Crippen molar-refractivity contribution in [1.29, 1.82) is 0 Å². The minimum Gasteiger partial charge on any atom is -0.378 e. The lowest BCUT2D eigenvalue weighted by Gasteiger charge is -2.25. The van der Waals surface area contributed by atoms with Crippen LogP contribution in [0.4, 0.5) is 13.2 Å². The first kappa shape index (κ1) is 9.67. The standard InChI is InChI=1S/C4H8F3NO2/c5-2(6)4(10,1-8)3(7)9/h2-3,9-10H,1,8H2. The first-order chi connectivity index (χ1) is 4.45. The number of aliphatic hydroxyl groups excluding tert-OH is 1. The van der Waals surface area contributed by atoms with Crippen LogP contribution in [0.2, 0.25) is 0 Å². The highest BCUT2D eigenvalue weighted by Crippen LogP contribution is 2.19. The van der Waals surface area contributed by atoms with Gasteiger partial charge in [0.25, 0.3) is 6.43 Å². The van der Waals surface area contributed by atoms with Crippen molar-refractivity contribution in [3.05, 3.63) is 0 Å². The summed E-state index contributed by atoms with van der Waals surface area (Å²) in [6.07, 6.45) is -6.41. The van der Waals surface area contributed by atoms with Gasteiger partial charge >= 0.3 is 0 Å². The van der Waals surface area contributed by atoms with Crippen LogP contribution in [0.3, 0.4) is 0 Å². The molecule has 0 amide bonds. The average Bonchev–Trinajstić information content (AvgIpc) is 1.85. The maximum atomic E-state index is 11.7. The summed E-state index contributed by atoms with van der Waals surface area (Å²) in [5, 5.41) is 16.4. The van der Waals surface area contributed by atoms with Crippen LogP contribution < -0.4 is 5.73 Å². The van der Waals surface area contributed by atoms with Crippen molar-refractivity contribution in [3.63, 3.8) is 0 Å². The second-order valence-corrected chi connectivity index (χ2v) is 1.83. The molecule has 0 saturated carbocycles. The Morgan fingerprint density at radius 1 is 1.40 bits per heavy atom. The third kappa shape index (κ3) is 1.59. The van der Waals surface area contributed by atoms with Crippen molar-refractivity contribution in [2.45, 2.75) is 18.4 Å². The third-order valence-electron chi connectivity index (χ3n) is 1.12. The molecule has 0 aliphatic heterocycles. The minimum atomic E-state index is -3.39. The third-order valence-corrected chi connectivity index (χ3v) is 1.12. The predicted molar refractivity (Wildman–Crippen MR) is 27.1 cm³/mol. The Labute approximate surface area is 55.3 Å². The molecule has 3 nitrogen and oxygen atoms in total. The number of nitrogens with two attached hydrogens (primary N) is 1. The summed E-state index contributed by atoms with van der Waals surface area (Å²) in [6, 6.07) is 0. The first-order valence-electron chi connectivity index (χ1n) is 2.48. The lowest BCUT2D eigenvalue weighted by Crippen LogP contribution is -2.52. The van der Waals surface area contributed by atoms with Gasteiger partial charge in [0.2, 0.25) is 6.36 Å². The monoisotopic (exact) mass is 159 g/mol. The second kappa shape index (κ2) is 3.18. The van der Waals surface area contributed by atoms with Gasteiger partial charge in [0.05, 0.1) is 0 Å². The number of alkyl halides is 3.